The zero-order valence-corrected chi connectivity index (χ0v) is 15.6. The van der Waals surface area contributed by atoms with Gasteiger partial charge in [0, 0.05) is 20.1 Å². The molecule has 0 saturated carbocycles. The van der Waals surface area contributed by atoms with Gasteiger partial charge in [-0.3, -0.25) is 4.79 Å². The molecule has 0 radical (unpaired) electrons. The lowest BCUT2D eigenvalue weighted by atomic mass is 10.1. The molecule has 2 amide bonds. The molecule has 10 heteroatoms. The number of rotatable bonds is 2. The molecule has 1 N–H and O–H groups in total. The van der Waals surface area contributed by atoms with Gasteiger partial charge in [-0.2, -0.15) is 13.2 Å². The van der Waals surface area contributed by atoms with Crippen LogP contribution in [0.25, 0.3) is 0 Å². The molecule has 1 unspecified atom stereocenters. The third-order valence-electron chi connectivity index (χ3n) is 3.95. The van der Waals surface area contributed by atoms with Crippen LogP contribution in [0, 0.1) is 0 Å². The number of aromatic nitrogens is 1. The molecular weight excluding hydrogens is 365 g/mol. The van der Waals surface area contributed by atoms with Crippen LogP contribution in [0.5, 0.6) is 0 Å². The molecule has 1 fully saturated rings. The van der Waals surface area contributed by atoms with Gasteiger partial charge in [-0.25, -0.2) is 9.78 Å². The molecule has 1 saturated heterocycles. The minimum Gasteiger partial charge on any atom is -0.444 e. The van der Waals surface area contributed by atoms with Crippen LogP contribution in [0.2, 0.25) is 0 Å². The average Bonchev–Trinajstić information content (AvgIpc) is 2.58. The van der Waals surface area contributed by atoms with Gasteiger partial charge < -0.3 is 19.9 Å². The van der Waals surface area contributed by atoms with E-state index in [4.69, 9.17) is 4.74 Å². The first-order chi connectivity index (χ1) is 12.4. The maximum atomic E-state index is 13.6. The maximum Gasteiger partial charge on any atom is 0.410 e. The summed E-state index contributed by atoms with van der Waals surface area (Å²) in [5.41, 5.74) is -0.451. The van der Waals surface area contributed by atoms with E-state index >= 15 is 0 Å². The smallest absolute Gasteiger partial charge is 0.410 e. The Morgan fingerprint density at radius 1 is 1.22 bits per heavy atom. The summed E-state index contributed by atoms with van der Waals surface area (Å²) in [5.74, 6) is -0.427. The molecule has 1 aromatic rings. The predicted octanol–water partition coefficient (Wildman–Crippen LogP) is 2.43. The number of hydrogen-bond acceptors (Lipinski definition) is 5. The summed E-state index contributed by atoms with van der Waals surface area (Å²) >= 11 is 0. The van der Waals surface area contributed by atoms with Crippen LogP contribution in [0.3, 0.4) is 0 Å². The largest absolute Gasteiger partial charge is 0.444 e. The molecule has 1 aliphatic rings. The van der Waals surface area contributed by atoms with Crippen molar-refractivity contribution in [3.05, 3.63) is 24.0 Å². The molecule has 27 heavy (non-hydrogen) atoms. The Kier molecular flexibility index (Phi) is 5.86. The third kappa shape index (κ3) is 5.24. The number of alkyl halides is 3. The van der Waals surface area contributed by atoms with E-state index in [-0.39, 0.29) is 24.5 Å². The maximum absolute atomic E-state index is 13.6. The van der Waals surface area contributed by atoms with Crippen molar-refractivity contribution < 1.29 is 27.5 Å². The standard InChI is InChI=1S/C17H23F3N4O3/c1-16(2,3)27-15(26)23-7-8-24(13(10-23)17(18,19)20)11-5-6-12(22-9-11)14(25)21-4/h5-6,9,13H,7-8,10H2,1-4H3,(H,21,25). The Morgan fingerprint density at radius 2 is 1.89 bits per heavy atom. The number of nitrogens with zero attached hydrogens (tertiary/aromatic N) is 3. The molecule has 7 nitrogen and oxygen atoms in total. The number of carbonyl (C=O) groups excluding carboxylic acids is 2. The lowest BCUT2D eigenvalue weighted by molar-refractivity contribution is -0.155. The molecule has 2 heterocycles. The van der Waals surface area contributed by atoms with E-state index < -0.39 is 36.4 Å². The highest BCUT2D eigenvalue weighted by Crippen LogP contribution is 2.32. The highest BCUT2D eigenvalue weighted by Gasteiger charge is 2.48. The van der Waals surface area contributed by atoms with E-state index in [2.05, 4.69) is 10.3 Å². The van der Waals surface area contributed by atoms with Crippen molar-refractivity contribution >= 4 is 17.7 Å². The first-order valence-corrected chi connectivity index (χ1v) is 8.42. The summed E-state index contributed by atoms with van der Waals surface area (Å²) in [6, 6.07) is 0.882. The van der Waals surface area contributed by atoms with Gasteiger partial charge in [-0.1, -0.05) is 0 Å². The Labute approximate surface area is 155 Å². The van der Waals surface area contributed by atoms with Gasteiger partial charge in [-0.15, -0.1) is 0 Å². The first-order valence-electron chi connectivity index (χ1n) is 8.42. The number of pyridine rings is 1. The Bertz CT molecular complexity index is 686. The van der Waals surface area contributed by atoms with Gasteiger partial charge in [0.1, 0.15) is 17.3 Å². The van der Waals surface area contributed by atoms with E-state index in [1.54, 1.807) is 20.8 Å². The summed E-state index contributed by atoms with van der Waals surface area (Å²) in [6.07, 6.45) is -4.10. The fourth-order valence-electron chi connectivity index (χ4n) is 2.68. The van der Waals surface area contributed by atoms with Gasteiger partial charge in [0.2, 0.25) is 0 Å². The highest BCUT2D eigenvalue weighted by atomic mass is 19.4. The van der Waals surface area contributed by atoms with Crippen LogP contribution in [0.1, 0.15) is 31.3 Å². The van der Waals surface area contributed by atoms with E-state index in [0.717, 1.165) is 9.80 Å². The number of piperazine rings is 1. The number of ether oxygens (including phenoxy) is 1. The number of anilines is 1. The fraction of sp³-hybridized carbons (Fsp3) is 0.588. The zero-order chi connectivity index (χ0) is 20.4. The van der Waals surface area contributed by atoms with Gasteiger partial charge in [0.15, 0.2) is 0 Å². The molecule has 0 aromatic carbocycles. The van der Waals surface area contributed by atoms with Gasteiger partial charge in [0.05, 0.1) is 18.4 Å². The molecule has 1 aromatic heterocycles. The molecule has 2 rings (SSSR count). The second kappa shape index (κ2) is 7.61. The molecule has 1 atom stereocenters. The van der Waals surface area contributed by atoms with Crippen LogP contribution in [-0.2, 0) is 4.74 Å². The Hall–Kier alpha value is -2.52. The van der Waals surface area contributed by atoms with Gasteiger partial charge in [0.25, 0.3) is 5.91 Å². The van der Waals surface area contributed by atoms with Gasteiger partial charge in [-0.05, 0) is 32.9 Å². The van der Waals surface area contributed by atoms with Crippen molar-refractivity contribution in [2.24, 2.45) is 0 Å². The Morgan fingerprint density at radius 3 is 2.37 bits per heavy atom. The van der Waals surface area contributed by atoms with E-state index in [0.29, 0.717) is 0 Å². The first kappa shape index (κ1) is 20.8. The number of halogens is 3. The summed E-state index contributed by atoms with van der Waals surface area (Å²) in [6.45, 7) is 4.46. The summed E-state index contributed by atoms with van der Waals surface area (Å²) in [7, 11) is 1.44. The van der Waals surface area contributed by atoms with Crippen LogP contribution < -0.4 is 10.2 Å². The van der Waals surface area contributed by atoms with Crippen LogP contribution >= 0.6 is 0 Å². The predicted molar refractivity (Wildman–Crippen MR) is 92.6 cm³/mol. The van der Waals surface area contributed by atoms with Crippen LogP contribution in [0.4, 0.5) is 23.7 Å². The topological polar surface area (TPSA) is 74.8 Å². The molecular formula is C17H23F3N4O3. The molecule has 0 aliphatic carbocycles. The van der Waals surface area contributed by atoms with Crippen LogP contribution in [0.15, 0.2) is 18.3 Å². The van der Waals surface area contributed by atoms with Crippen molar-refractivity contribution in [3.8, 4) is 0 Å². The molecule has 150 valence electrons. The zero-order valence-electron chi connectivity index (χ0n) is 15.6. The normalized spacial score (nSPS) is 18.3. The lowest BCUT2D eigenvalue weighted by Gasteiger charge is -2.43. The number of hydrogen-bond donors (Lipinski definition) is 1. The highest BCUT2D eigenvalue weighted by molar-refractivity contribution is 5.92. The minimum absolute atomic E-state index is 0.0373. The molecule has 0 spiro atoms. The fourth-order valence-corrected chi connectivity index (χ4v) is 2.68. The SMILES string of the molecule is CNC(=O)c1ccc(N2CCN(C(=O)OC(C)(C)C)CC2C(F)(F)F)cn1. The summed E-state index contributed by atoms with van der Waals surface area (Å²) in [5, 5.41) is 2.40. The molecule has 0 bridgehead atoms. The monoisotopic (exact) mass is 388 g/mol. The van der Waals surface area contributed by atoms with Crippen molar-refractivity contribution in [2.75, 3.05) is 31.6 Å². The number of carbonyl (C=O) groups is 2. The number of nitrogens with one attached hydrogen (secondary N) is 1. The quantitative estimate of drug-likeness (QED) is 0.842. The second-order valence-electron chi connectivity index (χ2n) is 7.16. The summed E-state index contributed by atoms with van der Waals surface area (Å²) < 4.78 is 46.0. The van der Waals surface area contributed by atoms with Crippen LogP contribution in [-0.4, -0.2) is 66.4 Å². The van der Waals surface area contributed by atoms with Crippen molar-refractivity contribution in [1.29, 1.82) is 0 Å². The number of amides is 2. The van der Waals surface area contributed by atoms with Gasteiger partial charge >= 0.3 is 12.3 Å². The third-order valence-corrected chi connectivity index (χ3v) is 3.95. The average molecular weight is 388 g/mol. The summed E-state index contributed by atoms with van der Waals surface area (Å²) in [4.78, 5) is 29.8. The second-order valence-corrected chi connectivity index (χ2v) is 7.16. The minimum atomic E-state index is -4.56. The van der Waals surface area contributed by atoms with E-state index in [1.165, 1.54) is 25.4 Å². The van der Waals surface area contributed by atoms with Crippen molar-refractivity contribution in [2.45, 2.75) is 38.6 Å². The Balaban J connectivity index is 2.20. The van der Waals surface area contributed by atoms with E-state index in [9.17, 15) is 22.8 Å². The van der Waals surface area contributed by atoms with E-state index in [1.807, 2.05) is 0 Å². The van der Waals surface area contributed by atoms with Crippen molar-refractivity contribution in [1.82, 2.24) is 15.2 Å². The lowest BCUT2D eigenvalue weighted by Crippen LogP contribution is -2.60. The molecule has 1 aliphatic heterocycles. The van der Waals surface area contributed by atoms with Crippen molar-refractivity contribution in [3.63, 3.8) is 0 Å².